The maximum atomic E-state index is 8.88. The molecule has 68 valence electrons. The quantitative estimate of drug-likeness (QED) is 0.639. The summed E-state index contributed by atoms with van der Waals surface area (Å²) in [5, 5.41) is 8.88. The van der Waals surface area contributed by atoms with Gasteiger partial charge in [-0.2, -0.15) is 0 Å². The lowest BCUT2D eigenvalue weighted by molar-refractivity contribution is 0.326. The molecule has 0 aromatic heterocycles. The summed E-state index contributed by atoms with van der Waals surface area (Å²) < 4.78 is 0. The van der Waals surface area contributed by atoms with E-state index in [-0.39, 0.29) is 6.61 Å². The molecule has 0 amide bonds. The fraction of sp³-hybridized carbons (Fsp3) is 0.636. The molecule has 1 saturated carbocycles. The van der Waals surface area contributed by atoms with Crippen LogP contribution in [0.4, 0.5) is 0 Å². The first kappa shape index (κ1) is 9.53. The van der Waals surface area contributed by atoms with Crippen LogP contribution in [0, 0.1) is 5.92 Å². The summed E-state index contributed by atoms with van der Waals surface area (Å²) in [4.78, 5) is 0. The van der Waals surface area contributed by atoms with Crippen LogP contribution in [0.3, 0.4) is 0 Å². The molecule has 0 unspecified atom stereocenters. The Hall–Kier alpha value is -0.560. The van der Waals surface area contributed by atoms with Crippen molar-refractivity contribution < 1.29 is 5.11 Å². The Morgan fingerprint density at radius 2 is 1.75 bits per heavy atom. The zero-order chi connectivity index (χ0) is 8.97. The highest BCUT2D eigenvalue weighted by atomic mass is 16.3. The molecule has 0 spiro atoms. The summed E-state index contributed by atoms with van der Waals surface area (Å²) in [5.74, 6) is 0.596. The van der Waals surface area contributed by atoms with Crippen LogP contribution >= 0.6 is 0 Å². The van der Waals surface area contributed by atoms with Gasteiger partial charge in [0, 0.05) is 0 Å². The normalized spacial score (nSPS) is 19.1. The van der Waals surface area contributed by atoms with E-state index in [2.05, 4.69) is 13.2 Å². The molecule has 1 aliphatic rings. The summed E-state index contributed by atoms with van der Waals surface area (Å²) in [6.45, 7) is 7.85. The summed E-state index contributed by atoms with van der Waals surface area (Å²) in [6.07, 6.45) is 6.44. The summed E-state index contributed by atoms with van der Waals surface area (Å²) >= 11 is 0. The average Bonchev–Trinajstić information content (AvgIpc) is 2.17. The molecule has 1 fully saturated rings. The van der Waals surface area contributed by atoms with Gasteiger partial charge in [0.15, 0.2) is 0 Å². The number of rotatable bonds is 3. The van der Waals surface area contributed by atoms with Gasteiger partial charge in [-0.3, -0.25) is 0 Å². The Morgan fingerprint density at radius 1 is 1.17 bits per heavy atom. The van der Waals surface area contributed by atoms with E-state index in [1.807, 2.05) is 0 Å². The van der Waals surface area contributed by atoms with E-state index in [1.165, 1.54) is 32.1 Å². The van der Waals surface area contributed by atoms with E-state index in [4.69, 9.17) is 5.11 Å². The van der Waals surface area contributed by atoms with Crippen molar-refractivity contribution in [2.45, 2.75) is 32.1 Å². The molecule has 0 aromatic carbocycles. The Balaban J connectivity index is 2.45. The lowest BCUT2D eigenvalue weighted by Gasteiger charge is -2.24. The van der Waals surface area contributed by atoms with Crippen LogP contribution in [-0.4, -0.2) is 11.7 Å². The highest BCUT2D eigenvalue weighted by molar-refractivity contribution is 5.28. The van der Waals surface area contributed by atoms with Gasteiger partial charge in [0.25, 0.3) is 0 Å². The van der Waals surface area contributed by atoms with E-state index in [0.717, 1.165) is 11.1 Å². The average molecular weight is 166 g/mol. The molecular formula is C11H18O. The molecule has 1 rings (SSSR count). The van der Waals surface area contributed by atoms with Crippen LogP contribution in [0.1, 0.15) is 32.1 Å². The Morgan fingerprint density at radius 3 is 2.25 bits per heavy atom. The Bertz CT molecular complexity index is 175. The topological polar surface area (TPSA) is 20.2 Å². The van der Waals surface area contributed by atoms with Crippen molar-refractivity contribution in [1.29, 1.82) is 0 Å². The van der Waals surface area contributed by atoms with Gasteiger partial charge in [-0.1, -0.05) is 32.4 Å². The van der Waals surface area contributed by atoms with Crippen molar-refractivity contribution in [3.05, 3.63) is 24.3 Å². The molecule has 0 aromatic rings. The number of hydrogen-bond donors (Lipinski definition) is 1. The molecule has 0 radical (unpaired) electrons. The first-order valence-electron chi connectivity index (χ1n) is 4.73. The van der Waals surface area contributed by atoms with Gasteiger partial charge in [-0.15, -0.1) is 0 Å². The summed E-state index contributed by atoms with van der Waals surface area (Å²) in [7, 11) is 0. The lowest BCUT2D eigenvalue weighted by Crippen LogP contribution is -2.10. The van der Waals surface area contributed by atoms with Gasteiger partial charge in [-0.25, -0.2) is 0 Å². The van der Waals surface area contributed by atoms with Crippen molar-refractivity contribution in [2.75, 3.05) is 6.61 Å². The van der Waals surface area contributed by atoms with Gasteiger partial charge in [0.2, 0.25) is 0 Å². The molecule has 1 nitrogen and oxygen atoms in total. The molecule has 0 atom stereocenters. The highest BCUT2D eigenvalue weighted by Gasteiger charge is 2.17. The van der Waals surface area contributed by atoms with Crippen LogP contribution in [-0.2, 0) is 0 Å². The van der Waals surface area contributed by atoms with E-state index in [1.54, 1.807) is 0 Å². The second kappa shape index (κ2) is 4.46. The van der Waals surface area contributed by atoms with Crippen LogP contribution in [0.2, 0.25) is 0 Å². The number of aliphatic hydroxyl groups is 1. The van der Waals surface area contributed by atoms with Crippen molar-refractivity contribution in [2.24, 2.45) is 5.92 Å². The van der Waals surface area contributed by atoms with E-state index < -0.39 is 0 Å². The Kier molecular flexibility index (Phi) is 3.54. The number of hydrogen-bond acceptors (Lipinski definition) is 1. The SMILES string of the molecule is C=C(CO)C(=C)C1CCCCC1. The van der Waals surface area contributed by atoms with Gasteiger partial charge >= 0.3 is 0 Å². The van der Waals surface area contributed by atoms with Crippen molar-refractivity contribution >= 4 is 0 Å². The second-order valence-electron chi connectivity index (χ2n) is 3.62. The van der Waals surface area contributed by atoms with Crippen molar-refractivity contribution in [1.82, 2.24) is 0 Å². The molecule has 1 heteroatoms. The second-order valence-corrected chi connectivity index (χ2v) is 3.62. The van der Waals surface area contributed by atoms with Gasteiger partial charge < -0.3 is 5.11 Å². The first-order valence-corrected chi connectivity index (χ1v) is 4.73. The fourth-order valence-electron chi connectivity index (χ4n) is 1.84. The summed E-state index contributed by atoms with van der Waals surface area (Å²) in [6, 6.07) is 0. The lowest BCUT2D eigenvalue weighted by atomic mass is 9.82. The van der Waals surface area contributed by atoms with Gasteiger partial charge in [0.1, 0.15) is 0 Å². The van der Waals surface area contributed by atoms with Crippen LogP contribution < -0.4 is 0 Å². The third-order valence-electron chi connectivity index (χ3n) is 2.74. The third-order valence-corrected chi connectivity index (χ3v) is 2.74. The summed E-state index contributed by atoms with van der Waals surface area (Å²) in [5.41, 5.74) is 1.90. The molecule has 1 N–H and O–H groups in total. The van der Waals surface area contributed by atoms with Crippen molar-refractivity contribution in [3.63, 3.8) is 0 Å². The van der Waals surface area contributed by atoms with E-state index >= 15 is 0 Å². The minimum absolute atomic E-state index is 0.0648. The van der Waals surface area contributed by atoms with Crippen LogP contribution in [0.25, 0.3) is 0 Å². The predicted octanol–water partition coefficient (Wildman–Crippen LogP) is 2.67. The van der Waals surface area contributed by atoms with Crippen LogP contribution in [0.5, 0.6) is 0 Å². The zero-order valence-electron chi connectivity index (χ0n) is 7.68. The van der Waals surface area contributed by atoms with Gasteiger partial charge in [-0.05, 0) is 29.9 Å². The minimum Gasteiger partial charge on any atom is -0.392 e. The molecule has 0 heterocycles. The van der Waals surface area contributed by atoms with E-state index in [0.29, 0.717) is 5.92 Å². The predicted molar refractivity (Wildman–Crippen MR) is 51.9 cm³/mol. The molecule has 0 aliphatic heterocycles. The molecule has 0 bridgehead atoms. The standard InChI is InChI=1S/C11H18O/c1-9(8-12)10(2)11-6-4-3-5-7-11/h11-12H,1-8H2. The molecule has 0 saturated heterocycles. The maximum Gasteiger partial charge on any atom is 0.0678 e. The maximum absolute atomic E-state index is 8.88. The fourth-order valence-corrected chi connectivity index (χ4v) is 1.84. The van der Waals surface area contributed by atoms with Crippen molar-refractivity contribution in [3.8, 4) is 0 Å². The first-order chi connectivity index (χ1) is 5.75. The highest BCUT2D eigenvalue weighted by Crippen LogP contribution is 2.31. The Labute approximate surface area is 74.8 Å². The third kappa shape index (κ3) is 2.21. The van der Waals surface area contributed by atoms with E-state index in [9.17, 15) is 0 Å². The smallest absolute Gasteiger partial charge is 0.0678 e. The largest absolute Gasteiger partial charge is 0.392 e. The monoisotopic (exact) mass is 166 g/mol. The van der Waals surface area contributed by atoms with Crippen LogP contribution in [0.15, 0.2) is 24.3 Å². The molecule has 1 aliphatic carbocycles. The number of aliphatic hydroxyl groups excluding tert-OH is 1. The zero-order valence-corrected chi connectivity index (χ0v) is 7.68. The molecule has 12 heavy (non-hydrogen) atoms. The van der Waals surface area contributed by atoms with Gasteiger partial charge in [0.05, 0.1) is 6.61 Å². The minimum atomic E-state index is 0.0648. The molecular weight excluding hydrogens is 148 g/mol.